The Morgan fingerprint density at radius 3 is 1.41 bits per heavy atom. The van der Waals surface area contributed by atoms with Crippen LogP contribution in [0.3, 0.4) is 0 Å². The Balaban J connectivity index is 0.00000302. The Morgan fingerprint density at radius 2 is 0.906 bits per heavy atom. The van der Waals surface area contributed by atoms with Crippen LogP contribution < -0.4 is 4.74 Å². The quantitative estimate of drug-likeness (QED) is 0.0868. The molecule has 64 heavy (non-hydrogen) atoms. The van der Waals surface area contributed by atoms with Gasteiger partial charge in [-0.3, -0.25) is 0 Å². The van der Waals surface area contributed by atoms with Gasteiger partial charge in [0.1, 0.15) is 36.4 Å². The number of ether oxygens (including phenoxy) is 5. The van der Waals surface area contributed by atoms with Gasteiger partial charge in [-0.15, -0.1) is 11.8 Å². The highest BCUT2D eigenvalue weighted by Gasteiger charge is 2.49. The van der Waals surface area contributed by atoms with Gasteiger partial charge in [0.05, 0.1) is 43.5 Å². The number of hydrogen-bond acceptors (Lipinski definition) is 7. The van der Waals surface area contributed by atoms with Crippen LogP contribution in [0.1, 0.15) is 69.2 Å². The fraction of sp³-hybridized carbons (Fsp3) is 0.263. The van der Waals surface area contributed by atoms with Crippen LogP contribution in [0, 0.1) is 6.92 Å². The third kappa shape index (κ3) is 13.2. The summed E-state index contributed by atoms with van der Waals surface area (Å²) in [6.45, 7) is 8.65. The van der Waals surface area contributed by atoms with E-state index in [2.05, 4.69) is 79.7 Å². The van der Waals surface area contributed by atoms with Gasteiger partial charge < -0.3 is 28.8 Å². The third-order valence-electron chi connectivity index (χ3n) is 11.2. The number of benzene rings is 7. The fourth-order valence-corrected chi connectivity index (χ4v) is 9.55. The lowest BCUT2D eigenvalue weighted by Gasteiger charge is -2.46. The molecule has 0 unspecified atom stereocenters. The van der Waals surface area contributed by atoms with Crippen molar-refractivity contribution in [3.05, 3.63) is 238 Å². The summed E-state index contributed by atoms with van der Waals surface area (Å²) in [6.07, 6.45) is -0.667. The van der Waals surface area contributed by atoms with E-state index in [1.807, 2.05) is 129 Å². The van der Waals surface area contributed by atoms with Crippen LogP contribution in [0.2, 0.25) is 0 Å². The molecule has 7 aromatic rings. The Labute approximate surface area is 384 Å². The molecule has 5 atom stereocenters. The maximum absolute atomic E-state index is 10.1. The standard InChI is InChI=1S/C55H54O6S.C2H6/c1-40-31-50(58-35-43-19-9-3-10-20-43)49(33-47(40)32-41-27-29-48(56)30-28-41)55-54(61-38-46-25-15-6-16-26-46)53(60-37-45-23-13-5-14-24-45)52(59-36-44-21-11-4-12-22-44)51(62-55)39-57-34-42-17-7-2-8-18-42;1-2/h2-31,33,51-56H,32,34-39H2,1H3;1-2H3/t51-,52-,53+,54-,55+;/m1./s1. The average molecular weight is 873 g/mol. The summed E-state index contributed by atoms with van der Waals surface area (Å²) in [6, 6.07) is 63.5. The molecule has 0 bridgehead atoms. The minimum Gasteiger partial charge on any atom is -0.508 e. The lowest BCUT2D eigenvalue weighted by Crippen LogP contribution is -2.54. The summed E-state index contributed by atoms with van der Waals surface area (Å²) in [5.74, 6) is 1.06. The number of thioether (sulfide) groups is 1. The summed E-state index contributed by atoms with van der Waals surface area (Å²) in [5, 5.41) is 9.71. The highest BCUT2D eigenvalue weighted by atomic mass is 32.2. The molecule has 0 spiro atoms. The Bertz CT molecular complexity index is 2380. The number of rotatable bonds is 19. The number of aryl methyl sites for hydroxylation is 1. The Morgan fingerprint density at radius 1 is 0.469 bits per heavy atom. The molecule has 0 saturated carbocycles. The second-order valence-corrected chi connectivity index (χ2v) is 17.2. The summed E-state index contributed by atoms with van der Waals surface area (Å²) in [5.41, 5.74) is 9.86. The van der Waals surface area contributed by atoms with E-state index in [0.29, 0.717) is 46.1 Å². The molecule has 1 N–H and O–H groups in total. The number of phenols is 1. The SMILES string of the molecule is CC.Cc1cc(OCc2ccccc2)c([C@@H]2S[C@H](COCc3ccccc3)[C@@H](OCc3ccccc3)[C@H](OCc3ccccc3)[C@H]2OCc2ccccc2)cc1Cc1ccc(O)cc1. The van der Waals surface area contributed by atoms with Gasteiger partial charge in [-0.25, -0.2) is 0 Å². The second-order valence-electron chi connectivity index (χ2n) is 15.8. The fourth-order valence-electron chi connectivity index (χ4n) is 7.89. The van der Waals surface area contributed by atoms with Crippen molar-refractivity contribution in [1.29, 1.82) is 0 Å². The lowest BCUT2D eigenvalue weighted by atomic mass is 9.91. The van der Waals surface area contributed by atoms with Crippen molar-refractivity contribution in [2.24, 2.45) is 0 Å². The van der Waals surface area contributed by atoms with Gasteiger partial charge in [0, 0.05) is 5.56 Å². The molecule has 1 fully saturated rings. The van der Waals surface area contributed by atoms with Crippen molar-refractivity contribution >= 4 is 11.8 Å². The summed E-state index contributed by atoms with van der Waals surface area (Å²) < 4.78 is 34.9. The van der Waals surface area contributed by atoms with Gasteiger partial charge in [-0.2, -0.15) is 0 Å². The summed E-state index contributed by atoms with van der Waals surface area (Å²) >= 11 is 1.82. The molecule has 7 heteroatoms. The molecule has 1 aliphatic rings. The molecule has 330 valence electrons. The highest BCUT2D eigenvalue weighted by molar-refractivity contribution is 8.00. The first-order chi connectivity index (χ1) is 31.6. The first kappa shape index (κ1) is 46.3. The predicted octanol–water partition coefficient (Wildman–Crippen LogP) is 13.0. The molecule has 1 aliphatic heterocycles. The minimum absolute atomic E-state index is 0.145. The molecule has 6 nitrogen and oxygen atoms in total. The normalized spacial score (nSPS) is 18.1. The molecule has 1 heterocycles. The van der Waals surface area contributed by atoms with E-state index in [0.717, 1.165) is 50.3 Å². The third-order valence-corrected chi connectivity index (χ3v) is 12.8. The van der Waals surface area contributed by atoms with Gasteiger partial charge in [0.2, 0.25) is 0 Å². The molecular weight excluding hydrogens is 813 g/mol. The van der Waals surface area contributed by atoms with Crippen molar-refractivity contribution in [2.45, 2.75) is 89.0 Å². The van der Waals surface area contributed by atoms with Gasteiger partial charge >= 0.3 is 0 Å². The van der Waals surface area contributed by atoms with Crippen molar-refractivity contribution in [3.63, 3.8) is 0 Å². The van der Waals surface area contributed by atoms with Gasteiger partial charge in [0.15, 0.2) is 0 Å². The molecule has 0 amide bonds. The summed E-state index contributed by atoms with van der Waals surface area (Å²) in [4.78, 5) is 0. The highest BCUT2D eigenvalue weighted by Crippen LogP contribution is 2.50. The van der Waals surface area contributed by atoms with Crippen LogP contribution in [0.15, 0.2) is 188 Å². The van der Waals surface area contributed by atoms with Crippen LogP contribution in [0.5, 0.6) is 11.5 Å². The Hall–Kier alpha value is -5.67. The molecule has 0 radical (unpaired) electrons. The summed E-state index contributed by atoms with van der Waals surface area (Å²) in [7, 11) is 0. The largest absolute Gasteiger partial charge is 0.508 e. The smallest absolute Gasteiger partial charge is 0.124 e. The topological polar surface area (TPSA) is 66.4 Å². The van der Waals surface area contributed by atoms with Crippen LogP contribution in [0.4, 0.5) is 0 Å². The molecular formula is C57H60O6S. The number of hydrogen-bond donors (Lipinski definition) is 1. The minimum atomic E-state index is -0.497. The van der Waals surface area contributed by atoms with Gasteiger partial charge in [-0.1, -0.05) is 184 Å². The average Bonchev–Trinajstić information content (AvgIpc) is 3.35. The van der Waals surface area contributed by atoms with Crippen molar-refractivity contribution in [2.75, 3.05) is 6.61 Å². The van der Waals surface area contributed by atoms with E-state index < -0.39 is 18.3 Å². The first-order valence-corrected chi connectivity index (χ1v) is 23.3. The Kier molecular flexibility index (Phi) is 17.7. The number of phenolic OH excluding ortho intramolecular Hbond substituents is 1. The van der Waals surface area contributed by atoms with E-state index in [9.17, 15) is 5.11 Å². The maximum atomic E-state index is 10.1. The predicted molar refractivity (Wildman–Crippen MR) is 259 cm³/mol. The van der Waals surface area contributed by atoms with E-state index in [-0.39, 0.29) is 16.2 Å². The molecule has 7 aromatic carbocycles. The van der Waals surface area contributed by atoms with Gasteiger partial charge in [0.25, 0.3) is 0 Å². The first-order valence-electron chi connectivity index (χ1n) is 22.4. The monoisotopic (exact) mass is 872 g/mol. The maximum Gasteiger partial charge on any atom is 0.124 e. The van der Waals surface area contributed by atoms with E-state index in [1.165, 1.54) is 5.56 Å². The zero-order valence-electron chi connectivity index (χ0n) is 37.1. The molecule has 0 aromatic heterocycles. The molecule has 1 saturated heterocycles. The number of aromatic hydroxyl groups is 1. The second kappa shape index (κ2) is 24.4. The van der Waals surface area contributed by atoms with E-state index in [1.54, 1.807) is 12.1 Å². The van der Waals surface area contributed by atoms with Crippen LogP contribution in [-0.4, -0.2) is 35.3 Å². The van der Waals surface area contributed by atoms with Crippen LogP contribution >= 0.6 is 11.8 Å². The molecule has 0 aliphatic carbocycles. The van der Waals surface area contributed by atoms with Gasteiger partial charge in [-0.05, 0) is 76.1 Å². The van der Waals surface area contributed by atoms with E-state index >= 15 is 0 Å². The zero-order valence-corrected chi connectivity index (χ0v) is 37.9. The zero-order chi connectivity index (χ0) is 44.4. The van der Waals surface area contributed by atoms with E-state index in [4.69, 9.17) is 23.7 Å². The molecule has 8 rings (SSSR count). The van der Waals surface area contributed by atoms with Crippen molar-refractivity contribution in [1.82, 2.24) is 0 Å². The lowest BCUT2D eigenvalue weighted by molar-refractivity contribution is -0.160. The van der Waals surface area contributed by atoms with Crippen molar-refractivity contribution in [3.8, 4) is 11.5 Å². The van der Waals surface area contributed by atoms with Crippen molar-refractivity contribution < 1.29 is 28.8 Å². The van der Waals surface area contributed by atoms with Crippen LogP contribution in [0.25, 0.3) is 0 Å². The van der Waals surface area contributed by atoms with Crippen LogP contribution in [-0.2, 0) is 58.4 Å².